The number of aliphatic hydroxyl groups excluding tert-OH is 1. The van der Waals surface area contributed by atoms with Crippen molar-refractivity contribution in [2.75, 3.05) is 19.7 Å². The molecule has 3 heterocycles. The molecule has 4 rings (SSSR count). The number of carbonyl (C=O) groups is 3. The highest BCUT2D eigenvalue weighted by molar-refractivity contribution is 5.99. The zero-order valence-electron chi connectivity index (χ0n) is 28.7. The van der Waals surface area contributed by atoms with Crippen molar-refractivity contribution in [3.63, 3.8) is 0 Å². The van der Waals surface area contributed by atoms with Crippen molar-refractivity contribution in [3.8, 4) is 0 Å². The van der Waals surface area contributed by atoms with E-state index < -0.39 is 40.7 Å². The van der Waals surface area contributed by atoms with Crippen LogP contribution >= 0.6 is 0 Å². The van der Waals surface area contributed by atoms with Crippen molar-refractivity contribution < 1.29 is 24.2 Å². The quantitative estimate of drug-likeness (QED) is 0.306. The molecule has 3 fully saturated rings. The Hall–Kier alpha value is -2.97. The average Bonchev–Trinajstić information content (AvgIpc) is 3.47. The first-order chi connectivity index (χ1) is 21.0. The smallest absolute Gasteiger partial charge is 0.249 e. The number of nitrogens with zero attached hydrogens (tertiary/aromatic N) is 3. The zero-order chi connectivity index (χ0) is 33.5. The van der Waals surface area contributed by atoms with Gasteiger partial charge in [-0.25, -0.2) is 0 Å². The van der Waals surface area contributed by atoms with Gasteiger partial charge < -0.3 is 24.5 Å². The maximum atomic E-state index is 15.1. The molecular weight excluding hydrogens is 566 g/mol. The summed E-state index contributed by atoms with van der Waals surface area (Å²) < 4.78 is 7.02. The molecule has 7 atom stereocenters. The van der Waals surface area contributed by atoms with E-state index in [1.54, 1.807) is 22.0 Å². The highest BCUT2D eigenvalue weighted by Gasteiger charge is 2.80. The Labute approximate surface area is 270 Å². The number of hydrogen-bond acceptors (Lipinski definition) is 5. The molecule has 3 amide bonds. The van der Waals surface area contributed by atoms with Crippen LogP contribution in [0.2, 0.25) is 0 Å². The van der Waals surface area contributed by atoms with Gasteiger partial charge >= 0.3 is 0 Å². The fourth-order valence-corrected chi connectivity index (χ4v) is 8.83. The number of amides is 3. The molecule has 8 nitrogen and oxygen atoms in total. The molecule has 45 heavy (non-hydrogen) atoms. The summed E-state index contributed by atoms with van der Waals surface area (Å²) in [7, 11) is 0. The number of rotatable bonds is 13. The number of fused-ring (bicyclic) bond motifs is 1. The first-order valence-corrected chi connectivity index (χ1v) is 16.5. The standard InChI is InChI=1S/C37H55N3O5/c1-11-19-38(22-26-17-15-14-16-18-26)31(42)28-29-32(43)40(27(13-3)23-41)30(37(29)21-25(4)36(28,10)45-37)33(44)39(20-12-2)35(8,9)24-34(5,6)7/h11-12,14-18,25,27-30,41H,1-2,13,19-24H2,3-10H3/t25?,27-,28-,29-,30?,36+,37?/m0/s1. The minimum Gasteiger partial charge on any atom is -0.394 e. The van der Waals surface area contributed by atoms with Gasteiger partial charge in [0.2, 0.25) is 17.7 Å². The number of benzene rings is 1. The highest BCUT2D eigenvalue weighted by atomic mass is 16.5. The van der Waals surface area contributed by atoms with Crippen LogP contribution in [-0.2, 0) is 25.7 Å². The molecule has 1 aromatic carbocycles. The second-order valence-electron chi connectivity index (χ2n) is 15.5. The van der Waals surface area contributed by atoms with Crippen molar-refractivity contribution in [3.05, 3.63) is 61.2 Å². The molecule has 3 saturated heterocycles. The second kappa shape index (κ2) is 12.7. The second-order valence-corrected chi connectivity index (χ2v) is 15.5. The van der Waals surface area contributed by atoms with Gasteiger partial charge in [-0.2, -0.15) is 0 Å². The van der Waals surface area contributed by atoms with Crippen molar-refractivity contribution in [1.29, 1.82) is 0 Å². The van der Waals surface area contributed by atoms with Crippen LogP contribution in [0.1, 0.15) is 80.2 Å². The maximum absolute atomic E-state index is 15.1. The lowest BCUT2D eigenvalue weighted by Gasteiger charge is -2.46. The normalized spacial score (nSPS) is 29.8. The minimum atomic E-state index is -1.20. The zero-order valence-corrected chi connectivity index (χ0v) is 28.7. The fourth-order valence-electron chi connectivity index (χ4n) is 8.83. The van der Waals surface area contributed by atoms with E-state index in [9.17, 15) is 14.7 Å². The third kappa shape index (κ3) is 6.00. The van der Waals surface area contributed by atoms with E-state index in [-0.39, 0.29) is 35.7 Å². The van der Waals surface area contributed by atoms with Gasteiger partial charge in [0.25, 0.3) is 0 Å². The van der Waals surface area contributed by atoms with Crippen LogP contribution in [0, 0.1) is 23.2 Å². The average molecular weight is 622 g/mol. The fraction of sp³-hybridized carbons (Fsp3) is 0.649. The van der Waals surface area contributed by atoms with E-state index in [1.807, 2.05) is 49.1 Å². The molecule has 3 aliphatic heterocycles. The summed E-state index contributed by atoms with van der Waals surface area (Å²) in [5.74, 6) is -2.39. The first-order valence-electron chi connectivity index (χ1n) is 16.5. The van der Waals surface area contributed by atoms with Crippen molar-refractivity contribution >= 4 is 17.7 Å². The van der Waals surface area contributed by atoms with E-state index in [0.29, 0.717) is 32.5 Å². The maximum Gasteiger partial charge on any atom is 0.249 e. The van der Waals surface area contributed by atoms with Gasteiger partial charge in [-0.3, -0.25) is 14.4 Å². The van der Waals surface area contributed by atoms with Crippen LogP contribution in [0.5, 0.6) is 0 Å². The van der Waals surface area contributed by atoms with Crippen LogP contribution in [0.3, 0.4) is 0 Å². The Morgan fingerprint density at radius 2 is 1.73 bits per heavy atom. The Morgan fingerprint density at radius 1 is 1.11 bits per heavy atom. The van der Waals surface area contributed by atoms with Gasteiger partial charge in [0, 0.05) is 25.2 Å². The Kier molecular flexibility index (Phi) is 9.83. The monoisotopic (exact) mass is 621 g/mol. The van der Waals surface area contributed by atoms with Gasteiger partial charge in [0.05, 0.1) is 30.1 Å². The van der Waals surface area contributed by atoms with Crippen LogP contribution in [0.4, 0.5) is 0 Å². The van der Waals surface area contributed by atoms with E-state index >= 15 is 4.79 Å². The van der Waals surface area contributed by atoms with Gasteiger partial charge in [-0.05, 0) is 56.9 Å². The molecule has 0 aliphatic carbocycles. The summed E-state index contributed by atoms with van der Waals surface area (Å²) >= 11 is 0. The van der Waals surface area contributed by atoms with E-state index in [0.717, 1.165) is 12.0 Å². The first kappa shape index (κ1) is 34.9. The Balaban J connectivity index is 1.85. The van der Waals surface area contributed by atoms with E-state index in [2.05, 4.69) is 54.7 Å². The molecule has 0 radical (unpaired) electrons. The predicted octanol–water partition coefficient (Wildman–Crippen LogP) is 5.21. The van der Waals surface area contributed by atoms with Crippen molar-refractivity contribution in [2.45, 2.75) is 110 Å². The van der Waals surface area contributed by atoms with Gasteiger partial charge in [-0.15, -0.1) is 13.2 Å². The molecule has 248 valence electrons. The van der Waals surface area contributed by atoms with Gasteiger partial charge in [0.15, 0.2) is 0 Å². The molecular formula is C37H55N3O5. The third-order valence-corrected chi connectivity index (χ3v) is 10.5. The molecule has 3 aliphatic rings. The summed E-state index contributed by atoms with van der Waals surface area (Å²) in [5.41, 5.74) is -1.80. The summed E-state index contributed by atoms with van der Waals surface area (Å²) in [6.45, 7) is 25.0. The lowest BCUT2D eigenvalue weighted by molar-refractivity contribution is -0.161. The highest BCUT2D eigenvalue weighted by Crippen LogP contribution is 2.66. The van der Waals surface area contributed by atoms with Crippen LogP contribution in [0.25, 0.3) is 0 Å². The lowest BCUT2D eigenvalue weighted by atomic mass is 9.62. The van der Waals surface area contributed by atoms with Crippen LogP contribution < -0.4 is 0 Å². The number of ether oxygens (including phenoxy) is 1. The van der Waals surface area contributed by atoms with Crippen LogP contribution in [0.15, 0.2) is 55.6 Å². The van der Waals surface area contributed by atoms with E-state index in [4.69, 9.17) is 4.74 Å². The van der Waals surface area contributed by atoms with Crippen molar-refractivity contribution in [1.82, 2.24) is 14.7 Å². The summed E-state index contributed by atoms with van der Waals surface area (Å²) in [6.07, 6.45) is 5.08. The van der Waals surface area contributed by atoms with Crippen molar-refractivity contribution in [2.24, 2.45) is 23.2 Å². The largest absolute Gasteiger partial charge is 0.394 e. The van der Waals surface area contributed by atoms with Crippen LogP contribution in [-0.4, -0.2) is 86.0 Å². The lowest BCUT2D eigenvalue weighted by Crippen LogP contribution is -2.62. The summed E-state index contributed by atoms with van der Waals surface area (Å²) in [6, 6.07) is 8.21. The van der Waals surface area contributed by atoms with E-state index in [1.165, 1.54) is 0 Å². The molecule has 1 aromatic rings. The topological polar surface area (TPSA) is 90.4 Å². The number of hydrogen-bond donors (Lipinski definition) is 1. The number of carbonyl (C=O) groups excluding carboxylic acids is 3. The molecule has 0 aromatic heterocycles. The Morgan fingerprint density at radius 3 is 2.27 bits per heavy atom. The SMILES string of the molecule is C=CCN(Cc1ccccc1)C(=O)[C@@H]1[C@H]2C(=O)N([C@@H](CC)CO)C(C(=O)N(CC=C)C(C)(C)CC(C)(C)C)C23CC(C)[C@@]1(C)O3. The summed E-state index contributed by atoms with van der Waals surface area (Å²) in [4.78, 5) is 49.7. The third-order valence-electron chi connectivity index (χ3n) is 10.5. The molecule has 3 unspecified atom stereocenters. The number of aliphatic hydroxyl groups is 1. The molecule has 1 spiro atoms. The molecule has 1 N–H and O–H groups in total. The molecule has 8 heteroatoms. The van der Waals surface area contributed by atoms with Gasteiger partial charge in [-0.1, -0.05) is 77.1 Å². The Bertz CT molecular complexity index is 1280. The van der Waals surface area contributed by atoms with Gasteiger partial charge in [0.1, 0.15) is 11.6 Å². The molecule has 2 bridgehead atoms. The summed E-state index contributed by atoms with van der Waals surface area (Å²) in [5, 5.41) is 10.5. The minimum absolute atomic E-state index is 0.0680. The number of likely N-dealkylation sites (tertiary alicyclic amines) is 1. The predicted molar refractivity (Wildman–Crippen MR) is 177 cm³/mol. The molecule has 0 saturated carbocycles.